The monoisotopic (exact) mass is 449 g/mol. The van der Waals surface area contributed by atoms with E-state index < -0.39 is 28.2 Å². The van der Waals surface area contributed by atoms with Gasteiger partial charge in [0.05, 0.1) is 27.8 Å². The minimum absolute atomic E-state index is 0.00349. The number of nitrogen functional groups attached to an aromatic ring is 1. The van der Waals surface area contributed by atoms with Crippen molar-refractivity contribution in [3.05, 3.63) is 63.7 Å². The number of amides is 1. The van der Waals surface area contributed by atoms with E-state index in [0.717, 1.165) is 6.07 Å². The third-order valence-electron chi connectivity index (χ3n) is 3.92. The van der Waals surface area contributed by atoms with Gasteiger partial charge in [-0.2, -0.15) is 15.2 Å². The molecule has 1 aromatic heterocycles. The number of guanidine groups is 1. The maximum Gasteiger partial charge on any atom is 0.373 e. The van der Waals surface area contributed by atoms with Gasteiger partial charge < -0.3 is 32.4 Å². The van der Waals surface area contributed by atoms with Crippen molar-refractivity contribution in [1.29, 1.82) is 5.26 Å². The Bertz CT molecular complexity index is 1330. The number of benzene rings is 2. The number of nitrogens with two attached hydrogens (primary N) is 4. The van der Waals surface area contributed by atoms with E-state index in [2.05, 4.69) is 15.0 Å². The second-order valence-corrected chi connectivity index (χ2v) is 6.22. The fourth-order valence-electron chi connectivity index (χ4n) is 2.59. The van der Waals surface area contributed by atoms with Crippen LogP contribution in [0.2, 0.25) is 0 Å². The van der Waals surface area contributed by atoms with Crippen LogP contribution >= 0.6 is 0 Å². The van der Waals surface area contributed by atoms with E-state index in [4.69, 9.17) is 37.7 Å². The summed E-state index contributed by atoms with van der Waals surface area (Å²) in [4.78, 5) is 33.8. The van der Waals surface area contributed by atoms with E-state index in [0.29, 0.717) is 5.69 Å². The number of carbonyl (C=O) groups is 1. The number of nitrogens with zero attached hydrogens (tertiary/aromatic N) is 5. The van der Waals surface area contributed by atoms with Crippen LogP contribution < -0.4 is 32.4 Å². The average molecular weight is 449 g/mol. The second-order valence-electron chi connectivity index (χ2n) is 6.22. The number of ether oxygens (including phenoxy) is 2. The number of hydrogen-bond acceptors (Lipinski definition) is 10. The standard InChI is InChI=1S/C19H15N9O5/c20-8-9-4-5-12(7-13(9)16(22)29)32-17-14(28(30)31)15(21)26-19(27-17)33-11-3-1-2-10(6-11)25-18(23)24/h1-7H,(H2,22,29)(H2,21,26,27)(H4,23,24,25). The highest BCUT2D eigenvalue weighted by Gasteiger charge is 2.26. The maximum absolute atomic E-state index is 11.6. The molecule has 0 aliphatic heterocycles. The minimum atomic E-state index is -0.890. The normalized spacial score (nSPS) is 10.0. The highest BCUT2D eigenvalue weighted by molar-refractivity contribution is 5.95. The summed E-state index contributed by atoms with van der Waals surface area (Å²) in [7, 11) is 0. The Morgan fingerprint density at radius 2 is 1.82 bits per heavy atom. The van der Waals surface area contributed by atoms with Gasteiger partial charge in [0.2, 0.25) is 11.7 Å². The van der Waals surface area contributed by atoms with Crippen LogP contribution in [0.15, 0.2) is 47.5 Å². The molecule has 0 saturated carbocycles. The van der Waals surface area contributed by atoms with Gasteiger partial charge in [-0.05, 0) is 30.3 Å². The maximum atomic E-state index is 11.6. The van der Waals surface area contributed by atoms with E-state index in [1.54, 1.807) is 18.2 Å². The number of primary amides is 1. The Labute approximate surface area is 185 Å². The van der Waals surface area contributed by atoms with E-state index in [9.17, 15) is 14.9 Å². The molecule has 33 heavy (non-hydrogen) atoms. The highest BCUT2D eigenvalue weighted by atomic mass is 16.6. The highest BCUT2D eigenvalue weighted by Crippen LogP contribution is 2.36. The molecule has 8 N–H and O–H groups in total. The Kier molecular flexibility index (Phi) is 6.16. The van der Waals surface area contributed by atoms with Crippen LogP contribution in [0, 0.1) is 21.4 Å². The molecule has 0 atom stereocenters. The molecule has 1 heterocycles. The van der Waals surface area contributed by atoms with E-state index >= 15 is 0 Å². The van der Waals surface area contributed by atoms with E-state index in [1.165, 1.54) is 24.3 Å². The lowest BCUT2D eigenvalue weighted by molar-refractivity contribution is -0.385. The van der Waals surface area contributed by atoms with Crippen molar-refractivity contribution in [2.24, 2.45) is 22.2 Å². The predicted molar refractivity (Wildman–Crippen MR) is 115 cm³/mol. The minimum Gasteiger partial charge on any atom is -0.433 e. The lowest BCUT2D eigenvalue weighted by Gasteiger charge is -2.10. The van der Waals surface area contributed by atoms with Gasteiger partial charge >= 0.3 is 17.6 Å². The SMILES string of the molecule is N#Cc1ccc(Oc2nc(Oc3cccc(N=C(N)N)c3)nc(N)c2[N+](=O)[O-])cc1C(N)=O. The van der Waals surface area contributed by atoms with Gasteiger partial charge in [0.15, 0.2) is 5.96 Å². The number of rotatable bonds is 7. The summed E-state index contributed by atoms with van der Waals surface area (Å²) in [5, 5.41) is 20.6. The summed E-state index contributed by atoms with van der Waals surface area (Å²) in [5.74, 6) is -2.03. The van der Waals surface area contributed by atoms with Crippen LogP contribution in [0.3, 0.4) is 0 Å². The van der Waals surface area contributed by atoms with Crippen molar-refractivity contribution in [3.8, 4) is 29.5 Å². The van der Waals surface area contributed by atoms with Crippen molar-refractivity contribution in [2.75, 3.05) is 5.73 Å². The lowest BCUT2D eigenvalue weighted by atomic mass is 10.1. The summed E-state index contributed by atoms with van der Waals surface area (Å²) in [6.45, 7) is 0. The second kappa shape index (κ2) is 9.14. The fourth-order valence-corrected chi connectivity index (χ4v) is 2.59. The summed E-state index contributed by atoms with van der Waals surface area (Å²) in [6, 6.07) is 11.3. The molecule has 0 saturated heterocycles. The first-order chi connectivity index (χ1) is 15.7. The smallest absolute Gasteiger partial charge is 0.373 e. The van der Waals surface area contributed by atoms with Crippen molar-refractivity contribution in [3.63, 3.8) is 0 Å². The Balaban J connectivity index is 2.01. The Morgan fingerprint density at radius 1 is 1.09 bits per heavy atom. The molecule has 3 rings (SSSR count). The number of anilines is 1. The largest absolute Gasteiger partial charge is 0.433 e. The van der Waals surface area contributed by atoms with Gasteiger partial charge in [-0.3, -0.25) is 14.9 Å². The summed E-state index contributed by atoms with van der Waals surface area (Å²) >= 11 is 0. The molecule has 0 unspecified atom stereocenters. The topological polar surface area (TPSA) is 245 Å². The number of carbonyl (C=O) groups excluding carboxylic acids is 1. The molecule has 14 heteroatoms. The van der Waals surface area contributed by atoms with Gasteiger partial charge in [0, 0.05) is 6.07 Å². The molecule has 0 aliphatic rings. The Hall–Kier alpha value is -5.45. The van der Waals surface area contributed by atoms with Crippen LogP contribution in [0.25, 0.3) is 0 Å². The van der Waals surface area contributed by atoms with Crippen LogP contribution in [-0.4, -0.2) is 26.8 Å². The fraction of sp³-hybridized carbons (Fsp3) is 0. The van der Waals surface area contributed by atoms with Crippen molar-refractivity contribution in [2.45, 2.75) is 0 Å². The van der Waals surface area contributed by atoms with Crippen LogP contribution in [0.1, 0.15) is 15.9 Å². The summed E-state index contributed by atoms with van der Waals surface area (Å²) < 4.78 is 11.0. The van der Waals surface area contributed by atoms with Crippen LogP contribution in [0.5, 0.6) is 23.4 Å². The van der Waals surface area contributed by atoms with Crippen molar-refractivity contribution < 1.29 is 19.2 Å². The first-order valence-electron chi connectivity index (χ1n) is 8.89. The number of nitriles is 1. The number of nitro groups is 1. The van der Waals surface area contributed by atoms with E-state index in [-0.39, 0.29) is 34.6 Å². The molecule has 0 spiro atoms. The first kappa shape index (κ1) is 22.2. The van der Waals surface area contributed by atoms with Crippen molar-refractivity contribution in [1.82, 2.24) is 9.97 Å². The summed E-state index contributed by atoms with van der Waals surface area (Å²) in [6.07, 6.45) is 0. The van der Waals surface area contributed by atoms with Gasteiger partial charge in [0.1, 0.15) is 11.5 Å². The number of hydrogen-bond donors (Lipinski definition) is 4. The van der Waals surface area contributed by atoms with Gasteiger partial charge in [-0.25, -0.2) is 4.99 Å². The van der Waals surface area contributed by atoms with Gasteiger partial charge in [-0.1, -0.05) is 6.07 Å². The zero-order valence-corrected chi connectivity index (χ0v) is 16.6. The zero-order valence-electron chi connectivity index (χ0n) is 16.6. The predicted octanol–water partition coefficient (Wildman–Crippen LogP) is 1.43. The zero-order chi connectivity index (χ0) is 24.1. The molecule has 0 aliphatic carbocycles. The Morgan fingerprint density at radius 3 is 2.45 bits per heavy atom. The van der Waals surface area contributed by atoms with Crippen LogP contribution in [0.4, 0.5) is 17.2 Å². The molecule has 0 radical (unpaired) electrons. The number of aromatic nitrogens is 2. The quantitative estimate of drug-likeness (QED) is 0.174. The van der Waals surface area contributed by atoms with Gasteiger partial charge in [-0.15, -0.1) is 0 Å². The molecule has 2 aromatic carbocycles. The molecule has 3 aromatic rings. The van der Waals surface area contributed by atoms with Crippen molar-refractivity contribution >= 4 is 29.1 Å². The average Bonchev–Trinajstić information content (AvgIpc) is 2.72. The third-order valence-corrected chi connectivity index (χ3v) is 3.92. The lowest BCUT2D eigenvalue weighted by Crippen LogP contribution is -2.21. The molecular formula is C19H15N9O5. The van der Waals surface area contributed by atoms with Gasteiger partial charge in [0.25, 0.3) is 0 Å². The van der Waals surface area contributed by atoms with E-state index in [1.807, 2.05) is 0 Å². The molecule has 166 valence electrons. The molecule has 14 nitrogen and oxygen atoms in total. The first-order valence-corrected chi connectivity index (χ1v) is 8.89. The molecule has 0 fully saturated rings. The van der Waals surface area contributed by atoms with Crippen LogP contribution in [-0.2, 0) is 0 Å². The molecule has 0 bridgehead atoms. The third kappa shape index (κ3) is 5.19. The number of aliphatic imine (C=N–C) groups is 1. The summed E-state index contributed by atoms with van der Waals surface area (Å²) in [5.41, 5.74) is 21.2. The molecular weight excluding hydrogens is 434 g/mol. The molecule has 1 amide bonds.